The van der Waals surface area contributed by atoms with Crippen LogP contribution in [-0.2, 0) is 4.79 Å². The van der Waals surface area contributed by atoms with Crippen molar-refractivity contribution < 1.29 is 9.53 Å². The number of aryl methyl sites for hydroxylation is 1. The van der Waals surface area contributed by atoms with Crippen LogP contribution in [0.4, 0.5) is 0 Å². The first-order chi connectivity index (χ1) is 11.1. The Labute approximate surface area is 131 Å². The fourth-order valence-corrected chi connectivity index (χ4v) is 3.19. The lowest BCUT2D eigenvalue weighted by atomic mass is 9.86. The van der Waals surface area contributed by atoms with Crippen molar-refractivity contribution in [2.45, 2.75) is 19.3 Å². The Hall–Kier alpha value is -2.95. The predicted molar refractivity (Wildman–Crippen MR) is 85.6 cm³/mol. The van der Waals surface area contributed by atoms with Gasteiger partial charge in [-0.3, -0.25) is 14.6 Å². The van der Waals surface area contributed by atoms with Gasteiger partial charge >= 0.3 is 5.97 Å². The molecule has 2 aromatic heterocycles. The second kappa shape index (κ2) is 5.05. The number of hydrogen-bond donors (Lipinski definition) is 1. The van der Waals surface area contributed by atoms with Gasteiger partial charge in [-0.25, -0.2) is 0 Å². The van der Waals surface area contributed by atoms with Crippen molar-refractivity contribution >= 4 is 16.9 Å². The highest BCUT2D eigenvalue weighted by atomic mass is 16.5. The van der Waals surface area contributed by atoms with Crippen molar-refractivity contribution in [2.24, 2.45) is 0 Å². The molecule has 1 atom stereocenters. The normalized spacial score (nSPS) is 16.9. The molecule has 4 rings (SSSR count). The van der Waals surface area contributed by atoms with Crippen LogP contribution in [0.2, 0.25) is 0 Å². The fraction of sp³-hybridized carbons (Fsp3) is 0.167. The van der Waals surface area contributed by atoms with Crippen LogP contribution >= 0.6 is 0 Å². The number of carbonyl (C=O) groups excluding carboxylic acids is 1. The SMILES string of the molecule is Cc1cc2c(c(=O)[nH]1)C(c1cccc3cccnc13)CC(=O)O2. The third-order valence-electron chi connectivity index (χ3n) is 4.15. The standard InChI is InChI=1S/C18H14N2O3/c1-10-8-14-16(18(22)20-10)13(9-15(21)23-14)12-6-2-4-11-5-3-7-19-17(11)12/h2-8,13H,9H2,1H3,(H,20,22). The van der Waals surface area contributed by atoms with Crippen LogP contribution in [0.25, 0.3) is 10.9 Å². The molecular weight excluding hydrogens is 292 g/mol. The van der Waals surface area contributed by atoms with E-state index in [9.17, 15) is 9.59 Å². The van der Waals surface area contributed by atoms with Gasteiger partial charge in [-0.15, -0.1) is 0 Å². The molecule has 1 N–H and O–H groups in total. The summed E-state index contributed by atoms with van der Waals surface area (Å²) in [6, 6.07) is 11.3. The molecule has 0 aliphatic carbocycles. The molecule has 0 saturated carbocycles. The summed E-state index contributed by atoms with van der Waals surface area (Å²) in [6.07, 6.45) is 1.85. The molecule has 5 heteroatoms. The van der Waals surface area contributed by atoms with E-state index in [1.165, 1.54) is 0 Å². The quantitative estimate of drug-likeness (QED) is 0.702. The third-order valence-corrected chi connectivity index (χ3v) is 4.15. The van der Waals surface area contributed by atoms with Crippen LogP contribution in [0.15, 0.2) is 47.4 Å². The minimum Gasteiger partial charge on any atom is -0.426 e. The van der Waals surface area contributed by atoms with Crippen molar-refractivity contribution in [1.29, 1.82) is 0 Å². The van der Waals surface area contributed by atoms with Crippen LogP contribution in [0.3, 0.4) is 0 Å². The van der Waals surface area contributed by atoms with Gasteiger partial charge in [0, 0.05) is 29.3 Å². The lowest BCUT2D eigenvalue weighted by Gasteiger charge is -2.24. The monoisotopic (exact) mass is 306 g/mol. The van der Waals surface area contributed by atoms with Gasteiger partial charge in [-0.05, 0) is 18.6 Å². The summed E-state index contributed by atoms with van der Waals surface area (Å²) >= 11 is 0. The third kappa shape index (κ3) is 2.21. The Kier molecular flexibility index (Phi) is 3.01. The Morgan fingerprint density at radius 2 is 2.04 bits per heavy atom. The number of nitrogens with zero attached hydrogens (tertiary/aromatic N) is 1. The van der Waals surface area contributed by atoms with Gasteiger partial charge in [0.2, 0.25) is 0 Å². The summed E-state index contributed by atoms with van der Waals surface area (Å²) < 4.78 is 5.28. The highest BCUT2D eigenvalue weighted by molar-refractivity contribution is 5.85. The number of rotatable bonds is 1. The van der Waals surface area contributed by atoms with Crippen molar-refractivity contribution in [2.75, 3.05) is 0 Å². The van der Waals surface area contributed by atoms with E-state index in [1.54, 1.807) is 19.2 Å². The lowest BCUT2D eigenvalue weighted by Crippen LogP contribution is -2.28. The van der Waals surface area contributed by atoms with Crippen LogP contribution in [-0.4, -0.2) is 15.9 Å². The molecule has 3 aromatic rings. The van der Waals surface area contributed by atoms with E-state index in [4.69, 9.17) is 4.74 Å². The van der Waals surface area contributed by atoms with Crippen LogP contribution < -0.4 is 10.3 Å². The van der Waals surface area contributed by atoms with E-state index >= 15 is 0 Å². The molecule has 1 aliphatic heterocycles. The highest BCUT2D eigenvalue weighted by Gasteiger charge is 2.32. The Morgan fingerprint density at radius 1 is 1.22 bits per heavy atom. The number of ether oxygens (including phenoxy) is 1. The average Bonchev–Trinajstić information content (AvgIpc) is 2.52. The number of esters is 1. The van der Waals surface area contributed by atoms with Crippen molar-refractivity contribution in [3.8, 4) is 5.75 Å². The molecule has 5 nitrogen and oxygen atoms in total. The number of carbonyl (C=O) groups is 1. The van der Waals surface area contributed by atoms with Crippen molar-refractivity contribution in [1.82, 2.24) is 9.97 Å². The number of pyridine rings is 2. The van der Waals surface area contributed by atoms with Crippen LogP contribution in [0.5, 0.6) is 5.75 Å². The molecule has 1 unspecified atom stereocenters. The number of aromatic nitrogens is 2. The van der Waals surface area contributed by atoms with Gasteiger partial charge in [0.05, 0.1) is 17.5 Å². The fourth-order valence-electron chi connectivity index (χ4n) is 3.19. The van der Waals surface area contributed by atoms with E-state index in [0.717, 1.165) is 16.5 Å². The Bertz CT molecular complexity index is 986. The molecule has 0 radical (unpaired) electrons. The molecule has 1 aromatic carbocycles. The summed E-state index contributed by atoms with van der Waals surface area (Å²) in [6.45, 7) is 1.76. The Balaban J connectivity index is 2.00. The maximum absolute atomic E-state index is 12.4. The number of fused-ring (bicyclic) bond motifs is 2. The number of para-hydroxylation sites is 1. The van der Waals surface area contributed by atoms with Crippen molar-refractivity contribution in [3.05, 3.63) is 69.8 Å². The smallest absolute Gasteiger partial charge is 0.312 e. The summed E-state index contributed by atoms with van der Waals surface area (Å²) in [5.41, 5.74) is 2.62. The number of hydrogen-bond acceptors (Lipinski definition) is 4. The van der Waals surface area contributed by atoms with E-state index in [-0.39, 0.29) is 23.9 Å². The van der Waals surface area contributed by atoms with E-state index in [1.807, 2.05) is 30.3 Å². The minimum absolute atomic E-state index is 0.134. The molecule has 0 saturated heterocycles. The maximum Gasteiger partial charge on any atom is 0.312 e. The maximum atomic E-state index is 12.4. The summed E-state index contributed by atoms with van der Waals surface area (Å²) in [7, 11) is 0. The molecule has 0 bridgehead atoms. The number of nitrogens with one attached hydrogen (secondary N) is 1. The average molecular weight is 306 g/mol. The topological polar surface area (TPSA) is 72.0 Å². The van der Waals surface area contributed by atoms with Gasteiger partial charge < -0.3 is 9.72 Å². The molecule has 3 heterocycles. The molecule has 114 valence electrons. The molecule has 23 heavy (non-hydrogen) atoms. The largest absolute Gasteiger partial charge is 0.426 e. The highest BCUT2D eigenvalue weighted by Crippen LogP contribution is 2.38. The van der Waals surface area contributed by atoms with Crippen molar-refractivity contribution in [3.63, 3.8) is 0 Å². The first kappa shape index (κ1) is 13.7. The Morgan fingerprint density at radius 3 is 2.91 bits per heavy atom. The first-order valence-corrected chi connectivity index (χ1v) is 7.41. The van der Waals surface area contributed by atoms with Gasteiger partial charge in [-0.1, -0.05) is 24.3 Å². The molecule has 0 amide bonds. The lowest BCUT2D eigenvalue weighted by molar-refractivity contribution is -0.135. The minimum atomic E-state index is -0.353. The van der Waals surface area contributed by atoms with Gasteiger partial charge in [0.15, 0.2) is 0 Å². The second-order valence-electron chi connectivity index (χ2n) is 5.71. The van der Waals surface area contributed by atoms with Gasteiger partial charge in [-0.2, -0.15) is 0 Å². The van der Waals surface area contributed by atoms with Gasteiger partial charge in [0.25, 0.3) is 5.56 Å². The summed E-state index contributed by atoms with van der Waals surface area (Å²) in [4.78, 5) is 31.7. The van der Waals surface area contributed by atoms with E-state index in [2.05, 4.69) is 9.97 Å². The zero-order valence-corrected chi connectivity index (χ0v) is 12.5. The predicted octanol–water partition coefficient (Wildman–Crippen LogP) is 2.67. The van der Waals surface area contributed by atoms with Gasteiger partial charge in [0.1, 0.15) is 5.75 Å². The number of H-pyrrole nitrogens is 1. The van der Waals surface area contributed by atoms with E-state index in [0.29, 0.717) is 17.0 Å². The van der Waals surface area contributed by atoms with Crippen LogP contribution in [0, 0.1) is 6.92 Å². The van der Waals surface area contributed by atoms with E-state index < -0.39 is 0 Å². The zero-order valence-electron chi connectivity index (χ0n) is 12.5. The zero-order chi connectivity index (χ0) is 16.0. The number of benzene rings is 1. The van der Waals surface area contributed by atoms with Crippen LogP contribution in [0.1, 0.15) is 29.2 Å². The molecule has 0 fully saturated rings. The molecule has 0 spiro atoms. The second-order valence-corrected chi connectivity index (χ2v) is 5.71. The molecular formula is C18H14N2O3. The summed E-state index contributed by atoms with van der Waals surface area (Å²) in [5.74, 6) is -0.338. The summed E-state index contributed by atoms with van der Waals surface area (Å²) in [5, 5.41) is 0.981. The molecule has 1 aliphatic rings. The first-order valence-electron chi connectivity index (χ1n) is 7.41. The number of aromatic amines is 1.